The number of hydrogen-bond acceptors (Lipinski definition) is 5. The summed E-state index contributed by atoms with van der Waals surface area (Å²) in [5, 5.41) is 4.03. The number of hydrogen-bond donors (Lipinski definition) is 1. The minimum atomic E-state index is 0. The third-order valence-electron chi connectivity index (χ3n) is 4.87. The van der Waals surface area contributed by atoms with Gasteiger partial charge in [-0.05, 0) is 41.6 Å². The summed E-state index contributed by atoms with van der Waals surface area (Å²) in [4.78, 5) is 7.04. The lowest BCUT2D eigenvalue weighted by molar-refractivity contribution is 0.316. The number of halogens is 1. The summed E-state index contributed by atoms with van der Waals surface area (Å²) >= 11 is 1.58. The predicted octanol–water partition coefficient (Wildman–Crippen LogP) is 4.43. The van der Waals surface area contributed by atoms with Gasteiger partial charge in [0.2, 0.25) is 0 Å². The third-order valence-corrected chi connectivity index (χ3v) is 5.78. The second-order valence-electron chi connectivity index (χ2n) is 6.69. The topological polar surface area (TPSA) is 37.4 Å². The van der Waals surface area contributed by atoms with Gasteiger partial charge in [0.05, 0.1) is 10.2 Å². The van der Waals surface area contributed by atoms with Crippen LogP contribution in [0.15, 0.2) is 60.3 Å². The van der Waals surface area contributed by atoms with E-state index in [-0.39, 0.29) is 12.4 Å². The van der Waals surface area contributed by atoms with Gasteiger partial charge in [-0.25, -0.2) is 4.98 Å². The molecule has 1 unspecified atom stereocenters. The average molecular weight is 386 g/mol. The molecule has 2 aromatic carbocycles. The van der Waals surface area contributed by atoms with E-state index in [0.717, 1.165) is 42.1 Å². The molecule has 26 heavy (non-hydrogen) atoms. The van der Waals surface area contributed by atoms with Crippen LogP contribution in [-0.4, -0.2) is 29.5 Å². The van der Waals surface area contributed by atoms with Crippen molar-refractivity contribution < 1.29 is 4.74 Å². The van der Waals surface area contributed by atoms with E-state index in [0.29, 0.717) is 11.1 Å². The molecule has 4 nitrogen and oxygen atoms in total. The molecule has 1 saturated heterocycles. The fourth-order valence-corrected chi connectivity index (χ4v) is 4.44. The van der Waals surface area contributed by atoms with Crippen molar-refractivity contribution in [2.75, 3.05) is 19.6 Å². The number of ether oxygens (including phenoxy) is 1. The first kappa shape index (κ1) is 17.3. The van der Waals surface area contributed by atoms with E-state index in [9.17, 15) is 0 Å². The van der Waals surface area contributed by atoms with Crippen LogP contribution in [0.3, 0.4) is 0 Å². The first-order valence-corrected chi connectivity index (χ1v) is 9.42. The smallest absolute Gasteiger partial charge is 0.279 e. The first-order chi connectivity index (χ1) is 12.3. The van der Waals surface area contributed by atoms with E-state index in [1.165, 1.54) is 5.56 Å². The van der Waals surface area contributed by atoms with Crippen LogP contribution in [0.25, 0.3) is 10.2 Å². The van der Waals surface area contributed by atoms with Crippen molar-refractivity contribution in [3.8, 4) is 10.9 Å². The fourth-order valence-electron chi connectivity index (χ4n) is 3.61. The Labute approximate surface area is 162 Å². The van der Waals surface area contributed by atoms with E-state index >= 15 is 0 Å². The van der Waals surface area contributed by atoms with Gasteiger partial charge in [-0.3, -0.25) is 4.90 Å². The van der Waals surface area contributed by atoms with Gasteiger partial charge in [-0.1, -0.05) is 35.6 Å². The Morgan fingerprint density at radius 1 is 1.15 bits per heavy atom. The number of rotatable bonds is 4. The number of nitrogens with one attached hydrogen (secondary N) is 1. The molecular weight excluding hydrogens is 366 g/mol. The van der Waals surface area contributed by atoms with Crippen molar-refractivity contribution in [2.45, 2.75) is 6.54 Å². The van der Waals surface area contributed by atoms with E-state index in [1.807, 2.05) is 30.3 Å². The Balaban J connectivity index is 0.00000168. The SMILES string of the molecule is C1=C2CN(Cc3ccc(Oc4nc5ccccc5s4)cc3)CC2CN1.Cl. The molecule has 1 N–H and O–H groups in total. The zero-order valence-corrected chi connectivity index (χ0v) is 15.9. The number of para-hydroxylation sites is 1. The van der Waals surface area contributed by atoms with Crippen LogP contribution in [0.4, 0.5) is 0 Å². The highest BCUT2D eigenvalue weighted by molar-refractivity contribution is 7.20. The molecule has 0 spiro atoms. The molecule has 3 heterocycles. The highest BCUT2D eigenvalue weighted by Crippen LogP contribution is 2.31. The number of nitrogens with zero attached hydrogens (tertiary/aromatic N) is 2. The second-order valence-corrected chi connectivity index (χ2v) is 7.68. The molecule has 1 atom stereocenters. The summed E-state index contributed by atoms with van der Waals surface area (Å²) in [5.41, 5.74) is 3.86. The van der Waals surface area contributed by atoms with Crippen molar-refractivity contribution in [2.24, 2.45) is 5.92 Å². The maximum atomic E-state index is 5.93. The molecule has 134 valence electrons. The summed E-state index contributed by atoms with van der Waals surface area (Å²) in [6.07, 6.45) is 2.19. The molecule has 0 bridgehead atoms. The highest BCUT2D eigenvalue weighted by Gasteiger charge is 2.29. The van der Waals surface area contributed by atoms with E-state index < -0.39 is 0 Å². The Morgan fingerprint density at radius 3 is 2.81 bits per heavy atom. The van der Waals surface area contributed by atoms with Crippen LogP contribution in [0.1, 0.15) is 5.56 Å². The van der Waals surface area contributed by atoms with E-state index in [2.05, 4.69) is 39.6 Å². The average Bonchev–Trinajstić information content (AvgIpc) is 3.30. The van der Waals surface area contributed by atoms with Crippen LogP contribution in [0.5, 0.6) is 10.9 Å². The molecule has 1 aromatic heterocycles. The van der Waals surface area contributed by atoms with Gasteiger partial charge < -0.3 is 10.1 Å². The van der Waals surface area contributed by atoms with Crippen molar-refractivity contribution in [3.63, 3.8) is 0 Å². The lowest BCUT2D eigenvalue weighted by Gasteiger charge is -2.16. The molecular formula is C20H20ClN3OS. The van der Waals surface area contributed by atoms with Crippen LogP contribution in [0, 0.1) is 5.92 Å². The minimum absolute atomic E-state index is 0. The molecule has 2 aliphatic heterocycles. The molecule has 0 amide bonds. The Morgan fingerprint density at radius 2 is 2.00 bits per heavy atom. The van der Waals surface area contributed by atoms with Crippen molar-refractivity contribution >= 4 is 34.0 Å². The van der Waals surface area contributed by atoms with Crippen LogP contribution in [0.2, 0.25) is 0 Å². The maximum absolute atomic E-state index is 5.93. The zero-order valence-electron chi connectivity index (χ0n) is 14.2. The lowest BCUT2D eigenvalue weighted by atomic mass is 10.1. The first-order valence-electron chi connectivity index (χ1n) is 8.60. The molecule has 0 radical (unpaired) electrons. The van der Waals surface area contributed by atoms with Gasteiger partial charge >= 0.3 is 0 Å². The Hall–Kier alpha value is -2.08. The zero-order chi connectivity index (χ0) is 16.6. The van der Waals surface area contributed by atoms with Crippen LogP contribution < -0.4 is 10.1 Å². The van der Waals surface area contributed by atoms with Crippen LogP contribution in [-0.2, 0) is 6.54 Å². The monoisotopic (exact) mass is 385 g/mol. The molecule has 1 fully saturated rings. The Kier molecular flexibility index (Phi) is 4.85. The van der Waals surface area contributed by atoms with E-state index in [1.54, 1.807) is 16.9 Å². The van der Waals surface area contributed by atoms with Gasteiger partial charge in [0.15, 0.2) is 0 Å². The standard InChI is InChI=1S/C20H19N3OS.ClH/c1-2-4-19-18(3-1)22-20(25-19)24-17-7-5-14(6-8-17)11-23-12-15-9-21-10-16(15)13-23;/h1-9,16,21H,10-13H2;1H. The van der Waals surface area contributed by atoms with Gasteiger partial charge in [0.25, 0.3) is 5.19 Å². The number of thiazole rings is 1. The van der Waals surface area contributed by atoms with Gasteiger partial charge in [-0.15, -0.1) is 12.4 Å². The van der Waals surface area contributed by atoms with Crippen LogP contribution >= 0.6 is 23.7 Å². The van der Waals surface area contributed by atoms with Gasteiger partial charge in [0.1, 0.15) is 5.75 Å². The van der Waals surface area contributed by atoms with Crippen molar-refractivity contribution in [1.29, 1.82) is 0 Å². The normalized spacial score (nSPS) is 18.9. The third kappa shape index (κ3) is 3.43. The molecule has 5 rings (SSSR count). The summed E-state index contributed by atoms with van der Waals surface area (Å²) in [6.45, 7) is 4.33. The number of benzene rings is 2. The summed E-state index contributed by atoms with van der Waals surface area (Å²) in [5.74, 6) is 1.55. The lowest BCUT2D eigenvalue weighted by Crippen LogP contribution is -2.23. The largest absolute Gasteiger partial charge is 0.431 e. The molecule has 3 aromatic rings. The van der Waals surface area contributed by atoms with Gasteiger partial charge in [-0.2, -0.15) is 0 Å². The minimum Gasteiger partial charge on any atom is -0.431 e. The highest BCUT2D eigenvalue weighted by atomic mass is 35.5. The van der Waals surface area contributed by atoms with Crippen molar-refractivity contribution in [1.82, 2.24) is 15.2 Å². The quantitative estimate of drug-likeness (QED) is 0.720. The molecule has 2 aliphatic rings. The number of fused-ring (bicyclic) bond motifs is 2. The number of likely N-dealkylation sites (tertiary alicyclic amines) is 1. The fraction of sp³-hybridized carbons (Fsp3) is 0.250. The maximum Gasteiger partial charge on any atom is 0.279 e. The van der Waals surface area contributed by atoms with Gasteiger partial charge in [0, 0.05) is 32.1 Å². The summed E-state index contributed by atoms with van der Waals surface area (Å²) in [7, 11) is 0. The Bertz CT molecular complexity index is 905. The molecule has 6 heteroatoms. The number of aromatic nitrogens is 1. The summed E-state index contributed by atoms with van der Waals surface area (Å²) in [6, 6.07) is 16.5. The predicted molar refractivity (Wildman–Crippen MR) is 108 cm³/mol. The molecule has 0 aliphatic carbocycles. The second kappa shape index (κ2) is 7.27. The molecule has 0 saturated carbocycles. The van der Waals surface area contributed by atoms with E-state index in [4.69, 9.17) is 4.74 Å². The summed E-state index contributed by atoms with van der Waals surface area (Å²) < 4.78 is 7.08. The van der Waals surface area contributed by atoms with Crippen molar-refractivity contribution in [3.05, 3.63) is 65.9 Å².